The first-order valence-corrected chi connectivity index (χ1v) is 13.4. The number of rotatable bonds is 7. The van der Waals surface area contributed by atoms with E-state index in [1.54, 1.807) is 11.8 Å². The second-order valence-electron chi connectivity index (χ2n) is 9.90. The van der Waals surface area contributed by atoms with Gasteiger partial charge in [-0.05, 0) is 57.8 Å². The molecule has 2 aliphatic heterocycles. The number of anilines is 1. The molecule has 32 heavy (non-hydrogen) atoms. The van der Waals surface area contributed by atoms with Crippen LogP contribution in [0, 0.1) is 11.8 Å². The predicted molar refractivity (Wildman–Crippen MR) is 130 cm³/mol. The van der Waals surface area contributed by atoms with Crippen molar-refractivity contribution in [2.75, 3.05) is 38.0 Å². The van der Waals surface area contributed by atoms with Gasteiger partial charge in [0.25, 0.3) is 0 Å². The molecule has 0 unspecified atom stereocenters. The molecule has 7 nitrogen and oxygen atoms in total. The minimum Gasteiger partial charge on any atom is -0.444 e. The fraction of sp³-hybridized carbons (Fsp3) is 0.696. The molecule has 0 radical (unpaired) electrons. The zero-order valence-electron chi connectivity index (χ0n) is 19.4. The molecule has 176 valence electrons. The van der Waals surface area contributed by atoms with Gasteiger partial charge in [-0.1, -0.05) is 32.1 Å². The minimum absolute atomic E-state index is 0.0403. The van der Waals surface area contributed by atoms with E-state index in [2.05, 4.69) is 46.3 Å². The summed E-state index contributed by atoms with van der Waals surface area (Å²) in [5, 5.41) is 7.15. The fourth-order valence-electron chi connectivity index (χ4n) is 4.26. The Bertz CT molecular complexity index is 877. The van der Waals surface area contributed by atoms with Crippen LogP contribution in [0.15, 0.2) is 21.0 Å². The molecule has 0 aromatic carbocycles. The zero-order valence-corrected chi connectivity index (χ0v) is 21.0. The molecular weight excluding hydrogens is 442 g/mol. The van der Waals surface area contributed by atoms with Crippen LogP contribution in [0.4, 0.5) is 5.13 Å². The number of likely N-dealkylation sites (tertiary alicyclic amines) is 1. The highest BCUT2D eigenvalue weighted by atomic mass is 32.2. The Morgan fingerprint density at radius 3 is 2.66 bits per heavy atom. The van der Waals surface area contributed by atoms with Crippen LogP contribution < -0.4 is 10.6 Å². The Kier molecular flexibility index (Phi) is 7.91. The lowest BCUT2D eigenvalue weighted by atomic mass is 9.93. The van der Waals surface area contributed by atoms with E-state index in [0.29, 0.717) is 10.9 Å². The Morgan fingerprint density at radius 2 is 1.97 bits per heavy atom. The molecule has 2 aromatic rings. The summed E-state index contributed by atoms with van der Waals surface area (Å²) in [7, 11) is 0. The number of nitrogens with zero attached hydrogens (tertiary/aromatic N) is 3. The van der Waals surface area contributed by atoms with Gasteiger partial charge in [0.05, 0.1) is 22.4 Å². The van der Waals surface area contributed by atoms with Gasteiger partial charge in [0.2, 0.25) is 11.8 Å². The maximum absolute atomic E-state index is 12.7. The fourth-order valence-corrected chi connectivity index (χ4v) is 5.98. The lowest BCUT2D eigenvalue weighted by molar-refractivity contribution is -0.121. The number of aromatic nitrogens is 2. The molecule has 0 bridgehead atoms. The van der Waals surface area contributed by atoms with Crippen molar-refractivity contribution in [2.45, 2.75) is 61.8 Å². The molecule has 2 aromatic heterocycles. The molecule has 0 saturated carbocycles. The van der Waals surface area contributed by atoms with Crippen LogP contribution in [0.25, 0.3) is 0 Å². The maximum atomic E-state index is 12.7. The van der Waals surface area contributed by atoms with Crippen molar-refractivity contribution in [2.24, 2.45) is 11.8 Å². The highest BCUT2D eigenvalue weighted by Crippen LogP contribution is 2.32. The summed E-state index contributed by atoms with van der Waals surface area (Å²) in [6, 6.07) is 0. The number of carbonyl (C=O) groups excluding carboxylic acids is 1. The summed E-state index contributed by atoms with van der Waals surface area (Å²) < 4.78 is 6.90. The molecule has 0 spiro atoms. The number of nitrogens with one attached hydrogen (secondary N) is 2. The average molecular weight is 478 g/mol. The van der Waals surface area contributed by atoms with Crippen LogP contribution >= 0.6 is 23.1 Å². The smallest absolute Gasteiger partial charge is 0.229 e. The summed E-state index contributed by atoms with van der Waals surface area (Å²) in [6.45, 7) is 11.9. The van der Waals surface area contributed by atoms with Gasteiger partial charge >= 0.3 is 0 Å². The molecule has 4 rings (SSSR count). The average Bonchev–Trinajstić information content (AvgIpc) is 3.43. The number of amides is 1. The van der Waals surface area contributed by atoms with E-state index in [0.717, 1.165) is 60.8 Å². The third-order valence-corrected chi connectivity index (χ3v) is 8.37. The zero-order chi connectivity index (χ0) is 22.6. The molecule has 9 heteroatoms. The van der Waals surface area contributed by atoms with E-state index < -0.39 is 0 Å². The van der Waals surface area contributed by atoms with Crippen molar-refractivity contribution in [1.29, 1.82) is 0 Å². The molecule has 0 atom stereocenters. The van der Waals surface area contributed by atoms with Gasteiger partial charge in [-0.2, -0.15) is 0 Å². The van der Waals surface area contributed by atoms with Gasteiger partial charge in [0, 0.05) is 17.9 Å². The second-order valence-corrected chi connectivity index (χ2v) is 12.2. The Balaban J connectivity index is 1.19. The number of thioether (sulfide) groups is 1. The van der Waals surface area contributed by atoms with Gasteiger partial charge in [-0.3, -0.25) is 4.79 Å². The lowest BCUT2D eigenvalue weighted by Gasteiger charge is -2.34. The van der Waals surface area contributed by atoms with Gasteiger partial charge in [-0.15, -0.1) is 11.8 Å². The van der Waals surface area contributed by atoms with E-state index >= 15 is 0 Å². The summed E-state index contributed by atoms with van der Waals surface area (Å²) in [5.41, 5.74) is -0.0403. The molecule has 2 aliphatic rings. The number of piperidine rings is 2. The number of hydrogen-bond donors (Lipinski definition) is 2. The molecule has 2 fully saturated rings. The molecule has 4 heterocycles. The van der Waals surface area contributed by atoms with E-state index in [4.69, 9.17) is 4.42 Å². The van der Waals surface area contributed by atoms with Crippen molar-refractivity contribution >= 4 is 34.1 Å². The number of oxazole rings is 1. The highest BCUT2D eigenvalue weighted by Gasteiger charge is 2.27. The second kappa shape index (κ2) is 10.7. The van der Waals surface area contributed by atoms with Crippen molar-refractivity contribution in [3.8, 4) is 0 Å². The largest absolute Gasteiger partial charge is 0.444 e. The first-order valence-electron chi connectivity index (χ1n) is 11.6. The van der Waals surface area contributed by atoms with E-state index in [1.807, 2.05) is 12.4 Å². The maximum Gasteiger partial charge on any atom is 0.229 e. The van der Waals surface area contributed by atoms with E-state index in [9.17, 15) is 4.79 Å². The summed E-state index contributed by atoms with van der Waals surface area (Å²) in [5.74, 6) is 3.27. The molecule has 1 amide bonds. The Morgan fingerprint density at radius 1 is 1.22 bits per heavy atom. The van der Waals surface area contributed by atoms with Gasteiger partial charge in [0.1, 0.15) is 5.76 Å². The topological polar surface area (TPSA) is 83.3 Å². The van der Waals surface area contributed by atoms with Crippen LogP contribution in [-0.2, 0) is 16.0 Å². The quantitative estimate of drug-likeness (QED) is 0.573. The van der Waals surface area contributed by atoms with E-state index in [-0.39, 0.29) is 17.2 Å². The lowest BCUT2D eigenvalue weighted by Crippen LogP contribution is -2.42. The molecule has 0 aliphatic carbocycles. The summed E-state index contributed by atoms with van der Waals surface area (Å²) in [6.07, 6.45) is 8.05. The van der Waals surface area contributed by atoms with Crippen LogP contribution in [0.3, 0.4) is 0 Å². The first kappa shape index (κ1) is 23.7. The predicted octanol–water partition coefficient (Wildman–Crippen LogP) is 4.37. The van der Waals surface area contributed by atoms with Crippen molar-refractivity contribution in [3.63, 3.8) is 0 Å². The SMILES string of the molecule is CC(C)(C)c1cnc(CSc2cnc(NC(=O)C3CCN(CC4CCNCC4)CC3)s2)o1. The van der Waals surface area contributed by atoms with Crippen molar-refractivity contribution < 1.29 is 9.21 Å². The third kappa shape index (κ3) is 6.56. The minimum atomic E-state index is -0.0403. The van der Waals surface area contributed by atoms with Gasteiger partial charge in [0.15, 0.2) is 5.13 Å². The standard InChI is InChI=1S/C23H35N5O2S2/c1-23(2,3)18-12-25-19(30-18)15-31-20-13-26-22(32-20)27-21(29)17-6-10-28(11-7-17)14-16-4-8-24-9-5-16/h12-13,16-17,24H,4-11,14-15H2,1-3H3,(H,26,27,29). The van der Waals surface area contributed by atoms with Gasteiger partial charge < -0.3 is 20.0 Å². The third-order valence-electron chi connectivity index (χ3n) is 6.28. The van der Waals surface area contributed by atoms with Crippen molar-refractivity contribution in [3.05, 3.63) is 24.0 Å². The number of hydrogen-bond acceptors (Lipinski definition) is 8. The molecule has 2 N–H and O–H groups in total. The van der Waals surface area contributed by atoms with Crippen LogP contribution in [-0.4, -0.2) is 53.5 Å². The molecule has 2 saturated heterocycles. The summed E-state index contributed by atoms with van der Waals surface area (Å²) >= 11 is 3.15. The first-order chi connectivity index (χ1) is 15.4. The van der Waals surface area contributed by atoms with E-state index in [1.165, 1.54) is 30.7 Å². The van der Waals surface area contributed by atoms with Gasteiger partial charge in [-0.25, -0.2) is 9.97 Å². The normalized spacial score (nSPS) is 19.3. The van der Waals surface area contributed by atoms with Crippen LogP contribution in [0.5, 0.6) is 0 Å². The van der Waals surface area contributed by atoms with Crippen molar-refractivity contribution in [1.82, 2.24) is 20.2 Å². The monoisotopic (exact) mass is 477 g/mol. The summed E-state index contributed by atoms with van der Waals surface area (Å²) in [4.78, 5) is 24.1. The Labute approximate surface area is 199 Å². The van der Waals surface area contributed by atoms with Crippen LogP contribution in [0.1, 0.15) is 58.1 Å². The Hall–Kier alpha value is -1.42. The highest BCUT2D eigenvalue weighted by molar-refractivity contribution is 8.00. The number of thiazole rings is 1. The van der Waals surface area contributed by atoms with Crippen LogP contribution in [0.2, 0.25) is 0 Å². The molecular formula is C23H35N5O2S2. The number of carbonyl (C=O) groups is 1.